The quantitative estimate of drug-likeness (QED) is 0.320. The summed E-state index contributed by atoms with van der Waals surface area (Å²) < 4.78 is 18.0. The zero-order valence-electron chi connectivity index (χ0n) is 22.5. The molecule has 1 aliphatic carbocycles. The van der Waals surface area contributed by atoms with E-state index in [1.165, 1.54) is 12.1 Å². The van der Waals surface area contributed by atoms with Gasteiger partial charge in [0, 0.05) is 49.1 Å². The van der Waals surface area contributed by atoms with Crippen LogP contribution in [0, 0.1) is 11.7 Å². The number of hydrogen-bond acceptors (Lipinski definition) is 4. The average molecular weight is 538 g/mol. The molecule has 0 atom stereocenters. The second-order valence-electron chi connectivity index (χ2n) is 11.3. The van der Waals surface area contributed by atoms with E-state index in [1.807, 2.05) is 42.3 Å². The lowest BCUT2D eigenvalue weighted by Gasteiger charge is -2.34. The molecule has 2 fully saturated rings. The number of piperidine rings is 1. The number of hydrogen-bond donors (Lipinski definition) is 1. The lowest BCUT2D eigenvalue weighted by atomic mass is 9.82. The van der Waals surface area contributed by atoms with E-state index in [9.17, 15) is 14.3 Å². The molecule has 0 bridgehead atoms. The van der Waals surface area contributed by atoms with Crippen molar-refractivity contribution in [3.8, 4) is 11.3 Å². The van der Waals surface area contributed by atoms with Gasteiger partial charge in [-0.15, -0.1) is 0 Å². The smallest absolute Gasteiger partial charge is 0.253 e. The molecule has 2 aliphatic rings. The van der Waals surface area contributed by atoms with Crippen LogP contribution in [0.25, 0.3) is 33.2 Å². The van der Waals surface area contributed by atoms with Crippen molar-refractivity contribution in [2.45, 2.75) is 44.2 Å². The number of carbonyl (C=O) groups is 1. The van der Waals surface area contributed by atoms with Crippen LogP contribution in [0.3, 0.4) is 0 Å². The monoisotopic (exact) mass is 537 g/mol. The maximum Gasteiger partial charge on any atom is 0.253 e. The zero-order chi connectivity index (χ0) is 27.4. The van der Waals surface area contributed by atoms with Gasteiger partial charge >= 0.3 is 0 Å². The number of benzene rings is 3. The summed E-state index contributed by atoms with van der Waals surface area (Å²) in [6, 6.07) is 20.4. The van der Waals surface area contributed by atoms with Crippen LogP contribution in [0.4, 0.5) is 4.39 Å². The highest BCUT2D eigenvalue weighted by Crippen LogP contribution is 2.35. The number of carbonyl (C=O) groups excluding carboxylic acids is 1. The number of nitrogens with zero attached hydrogens (tertiary/aromatic N) is 5. The Morgan fingerprint density at radius 3 is 2.58 bits per heavy atom. The molecule has 1 aliphatic heterocycles. The molecule has 8 heteroatoms. The first-order chi connectivity index (χ1) is 19.4. The van der Waals surface area contributed by atoms with Gasteiger partial charge in [-0.2, -0.15) is 5.10 Å². The van der Waals surface area contributed by atoms with Gasteiger partial charge in [-0.3, -0.25) is 9.48 Å². The van der Waals surface area contributed by atoms with Crippen LogP contribution >= 0.6 is 0 Å². The van der Waals surface area contributed by atoms with Crippen molar-refractivity contribution in [3.63, 3.8) is 0 Å². The largest absolute Gasteiger partial charge is 0.393 e. The van der Waals surface area contributed by atoms with Crippen LogP contribution in [0.15, 0.2) is 66.7 Å². The Morgan fingerprint density at radius 1 is 1.00 bits per heavy atom. The molecule has 0 spiro atoms. The molecule has 7 rings (SSSR count). The van der Waals surface area contributed by atoms with Crippen molar-refractivity contribution in [2.24, 2.45) is 13.0 Å². The first-order valence-electron chi connectivity index (χ1n) is 14.1. The Morgan fingerprint density at radius 2 is 1.80 bits per heavy atom. The van der Waals surface area contributed by atoms with Gasteiger partial charge in [0.05, 0.1) is 22.7 Å². The summed E-state index contributed by atoms with van der Waals surface area (Å²) in [7, 11) is 1.85. The first-order valence-corrected chi connectivity index (χ1v) is 14.1. The minimum atomic E-state index is -0.302. The van der Waals surface area contributed by atoms with E-state index in [4.69, 9.17) is 4.98 Å². The van der Waals surface area contributed by atoms with E-state index in [2.05, 4.69) is 27.9 Å². The summed E-state index contributed by atoms with van der Waals surface area (Å²) in [6.07, 6.45) is 3.25. The molecule has 7 nitrogen and oxygen atoms in total. The normalized spacial score (nSPS) is 19.8. The molecule has 0 radical (unpaired) electrons. The maximum atomic E-state index is 13.8. The number of aryl methyl sites for hydroxylation is 1. The van der Waals surface area contributed by atoms with Gasteiger partial charge in [0.2, 0.25) is 0 Å². The van der Waals surface area contributed by atoms with Crippen molar-refractivity contribution in [2.75, 3.05) is 13.1 Å². The fourth-order valence-corrected chi connectivity index (χ4v) is 6.47. The molecule has 3 aromatic carbocycles. The number of fused-ring (bicyclic) bond motifs is 2. The van der Waals surface area contributed by atoms with Crippen LogP contribution in [-0.2, 0) is 13.6 Å². The van der Waals surface area contributed by atoms with E-state index < -0.39 is 0 Å². The molecule has 1 amide bonds. The summed E-state index contributed by atoms with van der Waals surface area (Å²) in [6.45, 7) is 2.23. The molecule has 204 valence electrons. The third-order valence-electron chi connectivity index (χ3n) is 8.68. The predicted molar refractivity (Wildman–Crippen MR) is 152 cm³/mol. The number of aliphatic hydroxyl groups excluding tert-OH is 1. The molecular weight excluding hydrogens is 505 g/mol. The third-order valence-corrected chi connectivity index (χ3v) is 8.68. The SMILES string of the molecule is Cn1nc(-c2cccc(F)c2)c2ccc(C(=O)N3CCC(c4nc5ccccc5n4CC4CC(O)C4)CC3)cc21. The maximum absolute atomic E-state index is 13.8. The number of imidazole rings is 1. The molecular formula is C32H32FN5O2. The lowest BCUT2D eigenvalue weighted by molar-refractivity contribution is 0.0351. The van der Waals surface area contributed by atoms with Gasteiger partial charge in [-0.25, -0.2) is 9.37 Å². The fourth-order valence-electron chi connectivity index (χ4n) is 6.47. The van der Waals surface area contributed by atoms with Crippen molar-refractivity contribution >= 4 is 27.8 Å². The summed E-state index contributed by atoms with van der Waals surface area (Å²) in [4.78, 5) is 20.5. The van der Waals surface area contributed by atoms with Gasteiger partial charge in [0.1, 0.15) is 17.3 Å². The molecule has 0 unspecified atom stereocenters. The highest BCUT2D eigenvalue weighted by atomic mass is 19.1. The molecule has 1 N–H and O–H groups in total. The minimum Gasteiger partial charge on any atom is -0.393 e. The second kappa shape index (κ2) is 9.86. The second-order valence-corrected chi connectivity index (χ2v) is 11.3. The number of aromatic nitrogens is 4. The standard InChI is InChI=1S/C32H32FN5O2/c1-36-29-18-23(9-10-26(29)30(35-36)22-5-4-6-24(33)17-22)32(40)37-13-11-21(12-14-37)31-34-27-7-2-3-8-28(27)38(31)19-20-15-25(39)16-20/h2-10,17-18,20-21,25,39H,11-16,19H2,1H3. The summed E-state index contributed by atoms with van der Waals surface area (Å²) in [5, 5.41) is 15.3. The number of aliphatic hydroxyl groups is 1. The third kappa shape index (κ3) is 4.36. The van der Waals surface area contributed by atoms with Gasteiger partial charge in [0.25, 0.3) is 5.91 Å². The van der Waals surface area contributed by atoms with Crippen LogP contribution in [0.1, 0.15) is 47.8 Å². The van der Waals surface area contributed by atoms with Crippen molar-refractivity contribution in [1.29, 1.82) is 0 Å². The summed E-state index contributed by atoms with van der Waals surface area (Å²) >= 11 is 0. The van der Waals surface area contributed by atoms with Crippen molar-refractivity contribution in [3.05, 3.63) is 83.9 Å². The van der Waals surface area contributed by atoms with Crippen LogP contribution < -0.4 is 0 Å². The van der Waals surface area contributed by atoms with E-state index in [-0.39, 0.29) is 23.7 Å². The Balaban J connectivity index is 1.09. The van der Waals surface area contributed by atoms with Crippen LogP contribution in [-0.4, -0.2) is 54.4 Å². The topological polar surface area (TPSA) is 76.2 Å². The number of likely N-dealkylation sites (tertiary alicyclic amines) is 1. The number of halogens is 1. The predicted octanol–water partition coefficient (Wildman–Crippen LogP) is 5.52. The minimum absolute atomic E-state index is 0.0193. The van der Waals surface area contributed by atoms with Crippen molar-refractivity contribution < 1.29 is 14.3 Å². The summed E-state index contributed by atoms with van der Waals surface area (Å²) in [5.41, 5.74) is 5.06. The highest BCUT2D eigenvalue weighted by Gasteiger charge is 2.32. The number of amides is 1. The lowest BCUT2D eigenvalue weighted by Crippen LogP contribution is -2.38. The van der Waals surface area contributed by atoms with Gasteiger partial charge < -0.3 is 14.6 Å². The van der Waals surface area contributed by atoms with E-state index in [1.54, 1.807) is 10.7 Å². The zero-order valence-corrected chi connectivity index (χ0v) is 22.5. The Bertz CT molecular complexity index is 1730. The molecule has 3 heterocycles. The van der Waals surface area contributed by atoms with E-state index in [0.717, 1.165) is 60.0 Å². The average Bonchev–Trinajstić information content (AvgIpc) is 3.49. The highest BCUT2D eigenvalue weighted by molar-refractivity contribution is 6.01. The van der Waals surface area contributed by atoms with Crippen LogP contribution in [0.2, 0.25) is 0 Å². The molecule has 40 heavy (non-hydrogen) atoms. The van der Waals surface area contributed by atoms with Crippen LogP contribution in [0.5, 0.6) is 0 Å². The van der Waals surface area contributed by atoms with Gasteiger partial charge in [-0.05, 0) is 74.1 Å². The molecule has 1 saturated carbocycles. The van der Waals surface area contributed by atoms with Gasteiger partial charge in [0.15, 0.2) is 0 Å². The Labute approximate surface area is 231 Å². The van der Waals surface area contributed by atoms with E-state index in [0.29, 0.717) is 35.8 Å². The first kappa shape index (κ1) is 25.0. The van der Waals surface area contributed by atoms with Gasteiger partial charge in [-0.1, -0.05) is 24.3 Å². The summed E-state index contributed by atoms with van der Waals surface area (Å²) in [5.74, 6) is 1.59. The molecule has 2 aromatic heterocycles. The van der Waals surface area contributed by atoms with E-state index >= 15 is 0 Å². The Hall–Kier alpha value is -4.04. The fraction of sp³-hybridized carbons (Fsp3) is 0.344. The number of para-hydroxylation sites is 2. The molecule has 1 saturated heterocycles. The Kier molecular flexibility index (Phi) is 6.15. The number of rotatable bonds is 5. The molecule has 5 aromatic rings. The van der Waals surface area contributed by atoms with Crippen molar-refractivity contribution in [1.82, 2.24) is 24.2 Å².